The van der Waals surface area contributed by atoms with Crippen LogP contribution in [0.1, 0.15) is 10.4 Å². The average Bonchev–Trinajstić information content (AvgIpc) is 2.55. The van der Waals surface area contributed by atoms with E-state index in [1.807, 2.05) is 0 Å². The van der Waals surface area contributed by atoms with Gasteiger partial charge in [-0.2, -0.15) is 0 Å². The van der Waals surface area contributed by atoms with Gasteiger partial charge in [-0.3, -0.25) is 4.79 Å². The first-order valence-electron chi connectivity index (χ1n) is 6.45. The third-order valence-electron chi connectivity index (χ3n) is 2.79. The first-order chi connectivity index (χ1) is 10.6. The molecule has 0 bridgehead atoms. The van der Waals surface area contributed by atoms with Gasteiger partial charge in [0.15, 0.2) is 6.61 Å². The van der Waals surface area contributed by atoms with Crippen LogP contribution in [0, 0.1) is 0 Å². The van der Waals surface area contributed by atoms with Crippen molar-refractivity contribution in [2.45, 2.75) is 0 Å². The Bertz CT molecular complexity index is 670. The SMILES string of the molecule is COC(=O)c1ccc(OCC(=O)Nc2ccccc2Cl)cc1. The van der Waals surface area contributed by atoms with Crippen molar-refractivity contribution in [1.29, 1.82) is 0 Å². The Kier molecular flexibility index (Phi) is 5.38. The van der Waals surface area contributed by atoms with E-state index in [9.17, 15) is 9.59 Å². The van der Waals surface area contributed by atoms with Crippen LogP contribution in [0.5, 0.6) is 5.75 Å². The Morgan fingerprint density at radius 1 is 1.09 bits per heavy atom. The van der Waals surface area contributed by atoms with Crippen LogP contribution in [-0.4, -0.2) is 25.6 Å². The summed E-state index contributed by atoms with van der Waals surface area (Å²) < 4.78 is 9.94. The molecular formula is C16H14ClNO4. The maximum Gasteiger partial charge on any atom is 0.337 e. The molecule has 0 saturated heterocycles. The van der Waals surface area contributed by atoms with Crippen molar-refractivity contribution in [1.82, 2.24) is 0 Å². The number of carbonyl (C=O) groups is 2. The number of halogens is 1. The van der Waals surface area contributed by atoms with Crippen molar-refractivity contribution in [2.75, 3.05) is 19.0 Å². The first-order valence-corrected chi connectivity index (χ1v) is 6.83. The third-order valence-corrected chi connectivity index (χ3v) is 3.12. The van der Waals surface area contributed by atoms with Gasteiger partial charge in [0.2, 0.25) is 0 Å². The molecule has 0 aliphatic carbocycles. The molecule has 0 saturated carbocycles. The van der Waals surface area contributed by atoms with E-state index >= 15 is 0 Å². The van der Waals surface area contributed by atoms with E-state index in [0.29, 0.717) is 22.0 Å². The predicted octanol–water partition coefficient (Wildman–Crippen LogP) is 3.14. The van der Waals surface area contributed by atoms with E-state index < -0.39 is 5.97 Å². The molecule has 0 atom stereocenters. The van der Waals surface area contributed by atoms with Crippen LogP contribution >= 0.6 is 11.6 Å². The lowest BCUT2D eigenvalue weighted by Crippen LogP contribution is -2.20. The molecule has 0 aliphatic rings. The van der Waals surface area contributed by atoms with Crippen molar-refractivity contribution in [3.63, 3.8) is 0 Å². The molecule has 0 unspecified atom stereocenters. The van der Waals surface area contributed by atoms with E-state index in [1.165, 1.54) is 7.11 Å². The van der Waals surface area contributed by atoms with Gasteiger partial charge in [0, 0.05) is 0 Å². The normalized spacial score (nSPS) is 9.91. The van der Waals surface area contributed by atoms with Crippen LogP contribution in [0.15, 0.2) is 48.5 Å². The van der Waals surface area contributed by atoms with Crippen LogP contribution in [0.2, 0.25) is 5.02 Å². The minimum Gasteiger partial charge on any atom is -0.484 e. The minimum absolute atomic E-state index is 0.164. The maximum absolute atomic E-state index is 11.8. The van der Waals surface area contributed by atoms with E-state index in [-0.39, 0.29) is 12.5 Å². The summed E-state index contributed by atoms with van der Waals surface area (Å²) in [7, 11) is 1.31. The monoisotopic (exact) mass is 319 g/mol. The summed E-state index contributed by atoms with van der Waals surface area (Å²) in [6, 6.07) is 13.2. The molecule has 2 aromatic carbocycles. The molecule has 0 aliphatic heterocycles. The number of ether oxygens (including phenoxy) is 2. The number of amides is 1. The van der Waals surface area contributed by atoms with Crippen LogP contribution in [0.4, 0.5) is 5.69 Å². The molecule has 22 heavy (non-hydrogen) atoms. The number of rotatable bonds is 5. The summed E-state index contributed by atoms with van der Waals surface area (Å²) in [5.41, 5.74) is 0.939. The molecule has 114 valence electrons. The summed E-state index contributed by atoms with van der Waals surface area (Å²) in [4.78, 5) is 23.1. The molecule has 6 heteroatoms. The summed E-state index contributed by atoms with van der Waals surface area (Å²) in [6.07, 6.45) is 0. The van der Waals surface area contributed by atoms with Crippen LogP contribution in [0.3, 0.4) is 0 Å². The Labute approximate surface area is 132 Å². The smallest absolute Gasteiger partial charge is 0.337 e. The fourth-order valence-corrected chi connectivity index (χ4v) is 1.89. The number of hydrogen-bond acceptors (Lipinski definition) is 4. The molecule has 0 aromatic heterocycles. The van der Waals surface area contributed by atoms with Gasteiger partial charge in [-0.05, 0) is 36.4 Å². The third kappa shape index (κ3) is 4.23. The molecule has 2 aromatic rings. The highest BCUT2D eigenvalue weighted by molar-refractivity contribution is 6.33. The molecule has 0 spiro atoms. The predicted molar refractivity (Wildman–Crippen MR) is 83.4 cm³/mol. The van der Waals surface area contributed by atoms with Gasteiger partial charge in [0.05, 0.1) is 23.4 Å². The Hall–Kier alpha value is -2.53. The van der Waals surface area contributed by atoms with E-state index in [1.54, 1.807) is 48.5 Å². The zero-order chi connectivity index (χ0) is 15.9. The Morgan fingerprint density at radius 2 is 1.77 bits per heavy atom. The average molecular weight is 320 g/mol. The fraction of sp³-hybridized carbons (Fsp3) is 0.125. The number of hydrogen-bond donors (Lipinski definition) is 1. The molecule has 1 N–H and O–H groups in total. The molecular weight excluding hydrogens is 306 g/mol. The summed E-state index contributed by atoms with van der Waals surface area (Å²) >= 11 is 5.95. The second kappa shape index (κ2) is 7.47. The lowest BCUT2D eigenvalue weighted by Gasteiger charge is -2.09. The number of benzene rings is 2. The van der Waals surface area contributed by atoms with Crippen molar-refractivity contribution < 1.29 is 19.1 Å². The van der Waals surface area contributed by atoms with Crippen molar-refractivity contribution in [3.8, 4) is 5.75 Å². The number of carbonyl (C=O) groups excluding carboxylic acids is 2. The number of anilines is 1. The standard InChI is InChI=1S/C16H14ClNO4/c1-21-16(20)11-6-8-12(9-7-11)22-10-15(19)18-14-5-3-2-4-13(14)17/h2-9H,10H2,1H3,(H,18,19). The van der Waals surface area contributed by atoms with Gasteiger partial charge < -0.3 is 14.8 Å². The molecule has 0 radical (unpaired) electrons. The Morgan fingerprint density at radius 3 is 2.41 bits per heavy atom. The summed E-state index contributed by atoms with van der Waals surface area (Å²) in [5, 5.41) is 3.11. The first kappa shape index (κ1) is 15.9. The van der Waals surface area contributed by atoms with Crippen molar-refractivity contribution in [3.05, 3.63) is 59.1 Å². The highest BCUT2D eigenvalue weighted by Crippen LogP contribution is 2.20. The number of nitrogens with one attached hydrogen (secondary N) is 1. The quantitative estimate of drug-likeness (QED) is 0.860. The minimum atomic E-state index is -0.428. The van der Waals surface area contributed by atoms with Crippen molar-refractivity contribution >= 4 is 29.2 Å². The maximum atomic E-state index is 11.8. The topological polar surface area (TPSA) is 64.6 Å². The van der Waals surface area contributed by atoms with Gasteiger partial charge in [0.25, 0.3) is 5.91 Å². The van der Waals surface area contributed by atoms with Crippen LogP contribution in [-0.2, 0) is 9.53 Å². The van der Waals surface area contributed by atoms with Gasteiger partial charge in [0.1, 0.15) is 5.75 Å². The summed E-state index contributed by atoms with van der Waals surface area (Å²) in [6.45, 7) is -0.164. The van der Waals surface area contributed by atoms with Gasteiger partial charge >= 0.3 is 5.97 Å². The van der Waals surface area contributed by atoms with Crippen LogP contribution < -0.4 is 10.1 Å². The molecule has 2 rings (SSSR count). The van der Waals surface area contributed by atoms with Gasteiger partial charge in [-0.25, -0.2) is 4.79 Å². The molecule has 0 heterocycles. The number of para-hydroxylation sites is 1. The molecule has 1 amide bonds. The Balaban J connectivity index is 1.89. The summed E-state index contributed by atoms with van der Waals surface area (Å²) in [5.74, 6) is -0.282. The number of methoxy groups -OCH3 is 1. The highest BCUT2D eigenvalue weighted by atomic mass is 35.5. The lowest BCUT2D eigenvalue weighted by molar-refractivity contribution is -0.118. The van der Waals surface area contributed by atoms with Crippen LogP contribution in [0.25, 0.3) is 0 Å². The van der Waals surface area contributed by atoms with E-state index in [2.05, 4.69) is 10.1 Å². The van der Waals surface area contributed by atoms with Crippen molar-refractivity contribution in [2.24, 2.45) is 0 Å². The van der Waals surface area contributed by atoms with Gasteiger partial charge in [-0.15, -0.1) is 0 Å². The second-order valence-electron chi connectivity index (χ2n) is 4.33. The zero-order valence-electron chi connectivity index (χ0n) is 11.8. The fourth-order valence-electron chi connectivity index (χ4n) is 1.70. The highest BCUT2D eigenvalue weighted by Gasteiger charge is 2.08. The second-order valence-corrected chi connectivity index (χ2v) is 4.74. The molecule has 5 nitrogen and oxygen atoms in total. The number of esters is 1. The zero-order valence-corrected chi connectivity index (χ0v) is 12.6. The van der Waals surface area contributed by atoms with Gasteiger partial charge in [-0.1, -0.05) is 23.7 Å². The molecule has 0 fully saturated rings. The van der Waals surface area contributed by atoms with E-state index in [0.717, 1.165) is 0 Å². The largest absolute Gasteiger partial charge is 0.484 e. The lowest BCUT2D eigenvalue weighted by atomic mass is 10.2. The van der Waals surface area contributed by atoms with E-state index in [4.69, 9.17) is 16.3 Å².